The Hall–Kier alpha value is -4.85. The van der Waals surface area contributed by atoms with Crippen molar-refractivity contribution in [1.29, 1.82) is 0 Å². The van der Waals surface area contributed by atoms with Gasteiger partial charge in [0.15, 0.2) is 0 Å². The second-order valence-corrected chi connectivity index (χ2v) is 13.8. The van der Waals surface area contributed by atoms with Gasteiger partial charge in [0.25, 0.3) is 0 Å². The van der Waals surface area contributed by atoms with Crippen LogP contribution in [0.3, 0.4) is 0 Å². The summed E-state index contributed by atoms with van der Waals surface area (Å²) < 4.78 is 0. The highest BCUT2D eigenvalue weighted by atomic mass is 32.2. The summed E-state index contributed by atoms with van der Waals surface area (Å²) in [5, 5.41) is 10.7. The van der Waals surface area contributed by atoms with E-state index in [0.29, 0.717) is 5.92 Å². The fraction of sp³-hybridized carbons (Fsp3) is 0.130. The van der Waals surface area contributed by atoms with Crippen LogP contribution >= 0.6 is 11.8 Å². The predicted octanol–water partition coefficient (Wildman–Crippen LogP) is 13.2. The first-order valence-corrected chi connectivity index (χ1v) is 18.0. The molecule has 8 aromatic rings. The molecule has 0 aliphatic heterocycles. The Morgan fingerprint density at radius 3 is 1.94 bits per heavy atom. The quantitative estimate of drug-likeness (QED) is 0.152. The van der Waals surface area contributed by atoms with Gasteiger partial charge in [0.1, 0.15) is 0 Å². The summed E-state index contributed by atoms with van der Waals surface area (Å²) in [4.78, 5) is 0. The Labute approximate surface area is 282 Å². The van der Waals surface area contributed by atoms with Crippen molar-refractivity contribution in [1.82, 2.24) is 0 Å². The molecule has 8 aromatic carbocycles. The van der Waals surface area contributed by atoms with E-state index in [1.54, 1.807) is 0 Å². The standard InChI is InChI=1S/C46H38S/c1-4-8-41-43(30(2)29-47-3)28-38-9-5-6-12-39(38)44(41)27-31-13-15-32(16-14-31)33-17-19-34(20-18-33)40-25-23-37-22-21-35-10-7-11-36-24-26-42(40)46(37)45(35)36/h4-26,28,30H,27,29H2,1-3H3/b8-4-/t30-/m0/s1. The largest absolute Gasteiger partial charge is 0.165 e. The smallest absolute Gasteiger partial charge is 0.000374 e. The minimum absolute atomic E-state index is 0.492. The second-order valence-electron chi connectivity index (χ2n) is 12.9. The molecule has 0 aliphatic carbocycles. The van der Waals surface area contributed by atoms with E-state index in [1.807, 2.05) is 11.8 Å². The zero-order valence-corrected chi connectivity index (χ0v) is 28.1. The molecular formula is C46H38S. The molecule has 0 N–H and O–H groups in total. The third kappa shape index (κ3) is 5.29. The van der Waals surface area contributed by atoms with Gasteiger partial charge in [0.05, 0.1) is 0 Å². The summed E-state index contributed by atoms with van der Waals surface area (Å²) >= 11 is 1.92. The van der Waals surface area contributed by atoms with Gasteiger partial charge in [-0.15, -0.1) is 0 Å². The lowest BCUT2D eigenvalue weighted by Gasteiger charge is -2.20. The molecule has 0 saturated carbocycles. The van der Waals surface area contributed by atoms with Crippen LogP contribution in [0, 0.1) is 0 Å². The summed E-state index contributed by atoms with van der Waals surface area (Å²) in [6.07, 6.45) is 7.63. The first-order chi connectivity index (χ1) is 23.1. The predicted molar refractivity (Wildman–Crippen MR) is 209 cm³/mol. The van der Waals surface area contributed by atoms with E-state index in [2.05, 4.69) is 166 Å². The fourth-order valence-corrected chi connectivity index (χ4v) is 8.29. The SMILES string of the molecule is C/C=C\c1c([C@@H](C)CSC)cc2ccccc2c1Cc1ccc(-c2ccc(-c3ccc4ccc5cccc6ccc3c4c56)cc2)cc1. The van der Waals surface area contributed by atoms with Gasteiger partial charge >= 0.3 is 0 Å². The molecule has 0 saturated heterocycles. The first kappa shape index (κ1) is 29.5. The Bertz CT molecular complexity index is 2380. The third-order valence-corrected chi connectivity index (χ3v) is 10.7. The van der Waals surface area contributed by atoms with Crippen molar-refractivity contribution in [3.8, 4) is 22.3 Å². The summed E-state index contributed by atoms with van der Waals surface area (Å²) in [6.45, 7) is 4.49. The average molecular weight is 623 g/mol. The molecule has 0 aromatic heterocycles. The van der Waals surface area contributed by atoms with Crippen LogP contribution < -0.4 is 0 Å². The summed E-state index contributed by atoms with van der Waals surface area (Å²) in [6, 6.07) is 49.9. The molecule has 0 fully saturated rings. The second kappa shape index (κ2) is 12.4. The highest BCUT2D eigenvalue weighted by Gasteiger charge is 2.17. The zero-order valence-electron chi connectivity index (χ0n) is 27.3. The average Bonchev–Trinajstić information content (AvgIpc) is 3.12. The number of thioether (sulfide) groups is 1. The Morgan fingerprint density at radius 1 is 0.596 bits per heavy atom. The minimum Gasteiger partial charge on any atom is -0.165 e. The first-order valence-electron chi connectivity index (χ1n) is 16.7. The van der Waals surface area contributed by atoms with E-state index in [0.717, 1.165) is 12.2 Å². The number of benzene rings is 8. The van der Waals surface area contributed by atoms with Crippen molar-refractivity contribution in [3.05, 3.63) is 162 Å². The lowest BCUT2D eigenvalue weighted by atomic mass is 9.86. The van der Waals surface area contributed by atoms with Crippen molar-refractivity contribution in [3.63, 3.8) is 0 Å². The maximum Gasteiger partial charge on any atom is -0.000374 e. The molecule has 8 rings (SSSR count). The van der Waals surface area contributed by atoms with Gasteiger partial charge in [-0.3, -0.25) is 0 Å². The third-order valence-electron chi connectivity index (χ3n) is 9.91. The van der Waals surface area contributed by atoms with E-state index in [4.69, 9.17) is 0 Å². The van der Waals surface area contributed by atoms with Gasteiger partial charge in [-0.1, -0.05) is 153 Å². The van der Waals surface area contributed by atoms with Gasteiger partial charge in [-0.2, -0.15) is 11.8 Å². The molecule has 0 unspecified atom stereocenters. The Morgan fingerprint density at radius 2 is 1.21 bits per heavy atom. The number of fused-ring (bicyclic) bond motifs is 1. The summed E-state index contributed by atoms with van der Waals surface area (Å²) in [5.41, 5.74) is 10.6. The van der Waals surface area contributed by atoms with Crippen molar-refractivity contribution in [2.45, 2.75) is 26.2 Å². The van der Waals surface area contributed by atoms with E-state index < -0.39 is 0 Å². The van der Waals surface area contributed by atoms with Gasteiger partial charge in [-0.05, 0) is 119 Å². The molecule has 0 bridgehead atoms. The number of allylic oxidation sites excluding steroid dienone is 1. The van der Waals surface area contributed by atoms with E-state index in [1.165, 1.54) is 87.6 Å². The van der Waals surface area contributed by atoms with Crippen LogP contribution in [-0.2, 0) is 6.42 Å². The van der Waals surface area contributed by atoms with E-state index in [-0.39, 0.29) is 0 Å². The topological polar surface area (TPSA) is 0 Å². The summed E-state index contributed by atoms with van der Waals surface area (Å²) in [7, 11) is 0. The van der Waals surface area contributed by atoms with Crippen LogP contribution in [0.25, 0.3) is 71.4 Å². The Balaban J connectivity index is 1.12. The lowest BCUT2D eigenvalue weighted by Crippen LogP contribution is -2.04. The fourth-order valence-electron chi connectivity index (χ4n) is 7.61. The highest BCUT2D eigenvalue weighted by Crippen LogP contribution is 2.40. The van der Waals surface area contributed by atoms with Crippen LogP contribution in [0.1, 0.15) is 42.0 Å². The molecule has 1 heteroatoms. The van der Waals surface area contributed by atoms with Crippen LogP contribution in [0.5, 0.6) is 0 Å². The molecular weight excluding hydrogens is 585 g/mol. The number of rotatable bonds is 8. The van der Waals surface area contributed by atoms with E-state index >= 15 is 0 Å². The number of hydrogen-bond donors (Lipinski definition) is 0. The van der Waals surface area contributed by atoms with Crippen LogP contribution in [-0.4, -0.2) is 12.0 Å². The van der Waals surface area contributed by atoms with Gasteiger partial charge in [0.2, 0.25) is 0 Å². The van der Waals surface area contributed by atoms with Gasteiger partial charge in [-0.25, -0.2) is 0 Å². The zero-order chi connectivity index (χ0) is 31.9. The maximum absolute atomic E-state index is 2.42. The molecule has 0 heterocycles. The van der Waals surface area contributed by atoms with Crippen molar-refractivity contribution < 1.29 is 0 Å². The van der Waals surface area contributed by atoms with Crippen molar-refractivity contribution in [2.75, 3.05) is 12.0 Å². The number of hydrogen-bond acceptors (Lipinski definition) is 1. The molecule has 228 valence electrons. The van der Waals surface area contributed by atoms with Crippen molar-refractivity contribution in [2.24, 2.45) is 0 Å². The molecule has 0 amide bonds. The van der Waals surface area contributed by atoms with Crippen LogP contribution in [0.15, 0.2) is 140 Å². The monoisotopic (exact) mass is 622 g/mol. The highest BCUT2D eigenvalue weighted by molar-refractivity contribution is 7.98. The molecule has 47 heavy (non-hydrogen) atoms. The summed E-state index contributed by atoms with van der Waals surface area (Å²) in [5.74, 6) is 1.61. The van der Waals surface area contributed by atoms with Gasteiger partial charge in [0, 0.05) is 0 Å². The molecule has 0 aliphatic rings. The van der Waals surface area contributed by atoms with Crippen LogP contribution in [0.2, 0.25) is 0 Å². The molecule has 0 spiro atoms. The molecule has 0 radical (unpaired) electrons. The van der Waals surface area contributed by atoms with E-state index in [9.17, 15) is 0 Å². The molecule has 1 atom stereocenters. The lowest BCUT2D eigenvalue weighted by molar-refractivity contribution is 0.877. The van der Waals surface area contributed by atoms with Crippen molar-refractivity contribution >= 4 is 60.9 Å². The minimum atomic E-state index is 0.492. The van der Waals surface area contributed by atoms with Gasteiger partial charge < -0.3 is 0 Å². The molecule has 0 nitrogen and oxygen atoms in total. The normalized spacial score (nSPS) is 12.7. The maximum atomic E-state index is 2.42. The van der Waals surface area contributed by atoms with Crippen LogP contribution in [0.4, 0.5) is 0 Å². The Kier molecular flexibility index (Phi) is 7.79.